The predicted octanol–water partition coefficient (Wildman–Crippen LogP) is 10.5. The minimum absolute atomic E-state index is 0.0525. The van der Waals surface area contributed by atoms with Crippen LogP contribution >= 0.6 is 11.6 Å². The quantitative estimate of drug-likeness (QED) is 0.264. The number of halogens is 1. The van der Waals surface area contributed by atoms with Crippen molar-refractivity contribution in [2.75, 3.05) is 0 Å². The maximum Gasteiger partial charge on any atom is 0.338 e. The zero-order valence-electron chi connectivity index (χ0n) is 26.4. The highest BCUT2D eigenvalue weighted by Gasteiger charge is 2.68. The molecule has 4 saturated carbocycles. The Bertz CT molecular complexity index is 1200. The summed E-state index contributed by atoms with van der Waals surface area (Å²) >= 11 is 6.06. The van der Waals surface area contributed by atoms with Gasteiger partial charge in [-0.25, -0.2) is 4.79 Å². The molecule has 5 aliphatic rings. The molecule has 1 aromatic carbocycles. The zero-order valence-corrected chi connectivity index (χ0v) is 27.2. The van der Waals surface area contributed by atoms with E-state index in [1.807, 2.05) is 5.57 Å². The van der Waals surface area contributed by atoms with Gasteiger partial charge in [0.1, 0.15) is 6.10 Å². The van der Waals surface area contributed by atoms with Gasteiger partial charge < -0.3 is 4.74 Å². The van der Waals surface area contributed by atoms with Crippen molar-refractivity contribution >= 4 is 17.6 Å². The van der Waals surface area contributed by atoms with Crippen LogP contribution in [-0.4, -0.2) is 12.1 Å². The Morgan fingerprint density at radius 1 is 0.850 bits per heavy atom. The van der Waals surface area contributed by atoms with Gasteiger partial charge >= 0.3 is 5.97 Å². The molecule has 4 fully saturated rings. The summed E-state index contributed by atoms with van der Waals surface area (Å²) < 4.78 is 6.29. The van der Waals surface area contributed by atoms with Crippen molar-refractivity contribution in [3.05, 3.63) is 46.5 Å². The number of ether oxygens (including phenoxy) is 1. The van der Waals surface area contributed by atoms with Gasteiger partial charge in [-0.3, -0.25) is 0 Å². The second kappa shape index (κ2) is 9.36. The van der Waals surface area contributed by atoms with Crippen LogP contribution in [0.5, 0.6) is 0 Å². The fourth-order valence-electron chi connectivity index (χ4n) is 11.8. The van der Waals surface area contributed by atoms with E-state index in [-0.39, 0.29) is 22.9 Å². The number of rotatable bonds is 2. The van der Waals surface area contributed by atoms with E-state index < -0.39 is 0 Å². The van der Waals surface area contributed by atoms with Crippen LogP contribution in [-0.2, 0) is 4.74 Å². The molecule has 0 radical (unpaired) electrons. The average Bonchev–Trinajstić information content (AvgIpc) is 2.89. The molecule has 0 amide bonds. The van der Waals surface area contributed by atoms with E-state index in [0.717, 1.165) is 30.6 Å². The summed E-state index contributed by atoms with van der Waals surface area (Å²) in [5, 5.41) is 0.643. The second-order valence-electron chi connectivity index (χ2n) is 16.6. The number of esters is 1. The standard InChI is InChI=1S/C37H53ClO2/c1-23-15-18-34(5)21-22-36(7)27(31(34)24(23)2)13-14-29-35(6)19-17-30(33(3,4)28(35)16-20-37(29,36)8)40-32(39)25-9-11-26(38)12-10-25/h9-13,23-24,28-31H,14-22H2,1-8H3/t23-,24+,28+,29-,30+,31+,34-,35+,36-,37-/m1/s1. The van der Waals surface area contributed by atoms with Gasteiger partial charge in [0.15, 0.2) is 0 Å². The lowest BCUT2D eigenvalue weighted by atomic mass is 9.33. The molecular weight excluding hydrogens is 512 g/mol. The Balaban J connectivity index is 1.30. The van der Waals surface area contributed by atoms with Gasteiger partial charge in [0.2, 0.25) is 0 Å². The molecule has 6 rings (SSSR count). The topological polar surface area (TPSA) is 26.3 Å². The highest BCUT2D eigenvalue weighted by atomic mass is 35.5. The first kappa shape index (κ1) is 28.8. The number of fused-ring (bicyclic) bond motifs is 7. The maximum atomic E-state index is 13.1. The number of carbonyl (C=O) groups is 1. The summed E-state index contributed by atoms with van der Waals surface area (Å²) in [5.41, 5.74) is 3.75. The monoisotopic (exact) mass is 564 g/mol. The van der Waals surface area contributed by atoms with Crippen LogP contribution in [0.4, 0.5) is 0 Å². The third-order valence-electron chi connectivity index (χ3n) is 14.7. The maximum absolute atomic E-state index is 13.1. The summed E-state index contributed by atoms with van der Waals surface area (Å²) in [6.07, 6.45) is 14.1. The van der Waals surface area contributed by atoms with Crippen molar-refractivity contribution < 1.29 is 9.53 Å². The van der Waals surface area contributed by atoms with E-state index in [1.54, 1.807) is 24.3 Å². The minimum Gasteiger partial charge on any atom is -0.458 e. The van der Waals surface area contributed by atoms with Crippen molar-refractivity contribution in [3.8, 4) is 0 Å². The Morgan fingerprint density at radius 2 is 1.55 bits per heavy atom. The van der Waals surface area contributed by atoms with Crippen LogP contribution in [0.2, 0.25) is 5.02 Å². The van der Waals surface area contributed by atoms with Crippen LogP contribution in [0, 0.1) is 56.7 Å². The third-order valence-corrected chi connectivity index (χ3v) is 14.9. The number of carbonyl (C=O) groups excluding carboxylic acids is 1. The molecule has 40 heavy (non-hydrogen) atoms. The van der Waals surface area contributed by atoms with E-state index in [1.165, 1.54) is 44.9 Å². The first-order chi connectivity index (χ1) is 18.7. The SMILES string of the molecule is C[C@H]1[C@H](C)CC[C@]2(C)CC[C@]3(C)C(=CC[C@@H]4[C@@]5(C)CC[C@H](OC(=O)c6ccc(Cl)cc6)C(C)(C)[C@@H]5CC[C@]43C)[C@H]12. The number of hydrogen-bond acceptors (Lipinski definition) is 2. The highest BCUT2D eigenvalue weighted by molar-refractivity contribution is 6.30. The molecule has 0 heterocycles. The number of allylic oxidation sites excluding steroid dienone is 2. The molecule has 220 valence electrons. The lowest BCUT2D eigenvalue weighted by molar-refractivity contribution is -0.204. The van der Waals surface area contributed by atoms with Crippen LogP contribution < -0.4 is 0 Å². The molecule has 0 aromatic heterocycles. The van der Waals surface area contributed by atoms with Crippen LogP contribution in [0.15, 0.2) is 35.9 Å². The van der Waals surface area contributed by atoms with Crippen molar-refractivity contribution in [2.45, 2.75) is 119 Å². The molecule has 0 spiro atoms. The molecule has 5 aliphatic carbocycles. The second-order valence-corrected chi connectivity index (χ2v) is 17.0. The van der Waals surface area contributed by atoms with Crippen molar-refractivity contribution in [2.24, 2.45) is 56.7 Å². The Hall–Kier alpha value is -1.28. The number of hydrogen-bond donors (Lipinski definition) is 0. The van der Waals surface area contributed by atoms with Gasteiger partial charge in [0.05, 0.1) is 5.56 Å². The van der Waals surface area contributed by atoms with E-state index in [4.69, 9.17) is 16.3 Å². The first-order valence-electron chi connectivity index (χ1n) is 16.3. The predicted molar refractivity (Wildman–Crippen MR) is 165 cm³/mol. The number of benzene rings is 1. The molecular formula is C37H53ClO2. The Morgan fingerprint density at radius 3 is 2.25 bits per heavy atom. The third kappa shape index (κ3) is 3.89. The Kier molecular flexibility index (Phi) is 6.74. The largest absolute Gasteiger partial charge is 0.458 e. The van der Waals surface area contributed by atoms with E-state index in [2.05, 4.69) is 61.5 Å². The minimum atomic E-state index is -0.210. The van der Waals surface area contributed by atoms with E-state index >= 15 is 0 Å². The van der Waals surface area contributed by atoms with Gasteiger partial charge in [-0.15, -0.1) is 0 Å². The molecule has 0 saturated heterocycles. The molecule has 0 N–H and O–H groups in total. The normalized spacial score (nSPS) is 47.6. The molecule has 10 atom stereocenters. The van der Waals surface area contributed by atoms with Gasteiger partial charge in [0, 0.05) is 10.4 Å². The summed E-state index contributed by atoms with van der Waals surface area (Å²) in [6.45, 7) is 20.5. The zero-order chi connectivity index (χ0) is 28.9. The fourth-order valence-corrected chi connectivity index (χ4v) is 12.0. The summed E-state index contributed by atoms with van der Waals surface area (Å²) in [6, 6.07) is 7.12. The first-order valence-corrected chi connectivity index (χ1v) is 16.7. The molecule has 2 nitrogen and oxygen atoms in total. The molecule has 0 bridgehead atoms. The lowest BCUT2D eigenvalue weighted by Crippen LogP contribution is -2.65. The van der Waals surface area contributed by atoms with Crippen LogP contribution in [0.3, 0.4) is 0 Å². The molecule has 0 aliphatic heterocycles. The highest BCUT2D eigenvalue weighted by Crippen LogP contribution is 2.75. The molecule has 1 aromatic rings. The van der Waals surface area contributed by atoms with Gasteiger partial charge in [-0.1, -0.05) is 78.6 Å². The van der Waals surface area contributed by atoms with Crippen LogP contribution in [0.25, 0.3) is 0 Å². The Labute approximate surface area is 249 Å². The van der Waals surface area contributed by atoms with Crippen LogP contribution in [0.1, 0.15) is 124 Å². The van der Waals surface area contributed by atoms with Gasteiger partial charge in [0.25, 0.3) is 0 Å². The molecule has 3 heteroatoms. The van der Waals surface area contributed by atoms with Crippen molar-refractivity contribution in [1.29, 1.82) is 0 Å². The fraction of sp³-hybridized carbons (Fsp3) is 0.757. The molecule has 0 unspecified atom stereocenters. The van der Waals surface area contributed by atoms with Crippen molar-refractivity contribution in [3.63, 3.8) is 0 Å². The van der Waals surface area contributed by atoms with Crippen molar-refractivity contribution in [1.82, 2.24) is 0 Å². The van der Waals surface area contributed by atoms with E-state index in [0.29, 0.717) is 38.7 Å². The average molecular weight is 565 g/mol. The lowest BCUT2D eigenvalue weighted by Gasteiger charge is -2.71. The summed E-state index contributed by atoms with van der Waals surface area (Å²) in [4.78, 5) is 13.1. The van der Waals surface area contributed by atoms with Gasteiger partial charge in [-0.2, -0.15) is 0 Å². The van der Waals surface area contributed by atoms with Gasteiger partial charge in [-0.05, 0) is 133 Å². The summed E-state index contributed by atoms with van der Waals surface area (Å²) in [7, 11) is 0. The summed E-state index contributed by atoms with van der Waals surface area (Å²) in [5.74, 6) is 3.38. The van der Waals surface area contributed by atoms with E-state index in [9.17, 15) is 4.79 Å². The smallest absolute Gasteiger partial charge is 0.338 e.